The maximum absolute atomic E-state index is 9.33. The first-order chi connectivity index (χ1) is 9.60. The van der Waals surface area contributed by atoms with Crippen molar-refractivity contribution in [3.8, 4) is 5.88 Å². The molecule has 2 atom stereocenters. The van der Waals surface area contributed by atoms with E-state index in [4.69, 9.17) is 4.74 Å². The zero-order chi connectivity index (χ0) is 14.5. The standard InChI is InChI=1S/C17H25NO2/c1-12(2)16-8-14(10-19)9-17(18-16)20-11-15-7-5-4-6-13(15)3/h4-5,8-9,12-13,15,19H,6-7,10-11H2,1-3H3. The summed E-state index contributed by atoms with van der Waals surface area (Å²) in [6, 6.07) is 3.79. The van der Waals surface area contributed by atoms with Gasteiger partial charge in [0.1, 0.15) is 0 Å². The number of nitrogens with zero attached hydrogens (tertiary/aromatic N) is 1. The first-order valence-corrected chi connectivity index (χ1v) is 7.49. The first kappa shape index (κ1) is 15.0. The molecular formula is C17H25NO2. The molecular weight excluding hydrogens is 250 g/mol. The Bertz CT molecular complexity index is 468. The zero-order valence-electron chi connectivity index (χ0n) is 12.7. The summed E-state index contributed by atoms with van der Waals surface area (Å²) in [5.74, 6) is 2.19. The highest BCUT2D eigenvalue weighted by molar-refractivity contribution is 5.26. The van der Waals surface area contributed by atoms with Crippen LogP contribution in [0.15, 0.2) is 24.3 Å². The average Bonchev–Trinajstić information content (AvgIpc) is 2.46. The fraction of sp³-hybridized carbons (Fsp3) is 0.588. The molecule has 0 saturated carbocycles. The van der Waals surface area contributed by atoms with E-state index in [1.807, 2.05) is 12.1 Å². The minimum absolute atomic E-state index is 0.0289. The van der Waals surface area contributed by atoms with Gasteiger partial charge in [0.15, 0.2) is 0 Å². The van der Waals surface area contributed by atoms with Crippen LogP contribution in [0.3, 0.4) is 0 Å². The van der Waals surface area contributed by atoms with Gasteiger partial charge < -0.3 is 9.84 Å². The van der Waals surface area contributed by atoms with Crippen molar-refractivity contribution in [2.24, 2.45) is 11.8 Å². The highest BCUT2D eigenvalue weighted by Gasteiger charge is 2.19. The molecule has 1 aliphatic carbocycles. The van der Waals surface area contributed by atoms with E-state index in [1.165, 1.54) is 0 Å². The predicted octanol–water partition coefficient (Wildman–Crippen LogP) is 3.68. The van der Waals surface area contributed by atoms with Crippen LogP contribution >= 0.6 is 0 Å². The smallest absolute Gasteiger partial charge is 0.213 e. The van der Waals surface area contributed by atoms with Crippen molar-refractivity contribution >= 4 is 0 Å². The number of aromatic nitrogens is 1. The number of rotatable bonds is 5. The molecule has 1 heterocycles. The maximum Gasteiger partial charge on any atom is 0.213 e. The fourth-order valence-corrected chi connectivity index (χ4v) is 2.47. The molecule has 20 heavy (non-hydrogen) atoms. The molecule has 1 N–H and O–H groups in total. The van der Waals surface area contributed by atoms with Gasteiger partial charge >= 0.3 is 0 Å². The quantitative estimate of drug-likeness (QED) is 0.834. The van der Waals surface area contributed by atoms with Crippen LogP contribution in [0.25, 0.3) is 0 Å². The highest BCUT2D eigenvalue weighted by atomic mass is 16.5. The van der Waals surface area contributed by atoms with Gasteiger partial charge in [0.25, 0.3) is 0 Å². The lowest BCUT2D eigenvalue weighted by molar-refractivity contribution is 0.191. The second kappa shape index (κ2) is 6.89. The van der Waals surface area contributed by atoms with Crippen molar-refractivity contribution in [1.29, 1.82) is 0 Å². The summed E-state index contributed by atoms with van der Waals surface area (Å²) in [5.41, 5.74) is 1.85. The molecule has 0 radical (unpaired) electrons. The van der Waals surface area contributed by atoms with Crippen molar-refractivity contribution in [2.75, 3.05) is 6.61 Å². The summed E-state index contributed by atoms with van der Waals surface area (Å²) in [6.07, 6.45) is 6.71. The molecule has 3 heteroatoms. The summed E-state index contributed by atoms with van der Waals surface area (Å²) in [6.45, 7) is 7.20. The Balaban J connectivity index is 2.04. The van der Waals surface area contributed by atoms with E-state index in [0.717, 1.165) is 24.1 Å². The number of ether oxygens (including phenoxy) is 1. The molecule has 1 aromatic rings. The Morgan fingerprint density at radius 2 is 2.05 bits per heavy atom. The Morgan fingerprint density at radius 1 is 1.30 bits per heavy atom. The molecule has 2 rings (SSSR count). The predicted molar refractivity (Wildman–Crippen MR) is 80.8 cm³/mol. The second-order valence-corrected chi connectivity index (χ2v) is 6.04. The Morgan fingerprint density at radius 3 is 2.70 bits per heavy atom. The number of aliphatic hydroxyl groups is 1. The average molecular weight is 275 g/mol. The second-order valence-electron chi connectivity index (χ2n) is 6.04. The molecule has 0 amide bonds. The normalized spacial score (nSPS) is 22.2. The molecule has 0 fully saturated rings. The van der Waals surface area contributed by atoms with E-state index < -0.39 is 0 Å². The minimum Gasteiger partial charge on any atom is -0.477 e. The minimum atomic E-state index is 0.0289. The molecule has 0 aromatic carbocycles. The number of aliphatic hydroxyl groups excluding tert-OH is 1. The van der Waals surface area contributed by atoms with E-state index in [0.29, 0.717) is 30.2 Å². The molecule has 0 saturated heterocycles. The Hall–Kier alpha value is -1.35. The van der Waals surface area contributed by atoms with E-state index in [-0.39, 0.29) is 6.61 Å². The fourth-order valence-electron chi connectivity index (χ4n) is 2.47. The Kier molecular flexibility index (Phi) is 5.18. The summed E-state index contributed by atoms with van der Waals surface area (Å²) < 4.78 is 5.89. The third-order valence-electron chi connectivity index (χ3n) is 4.02. The van der Waals surface area contributed by atoms with Crippen LogP contribution in [-0.4, -0.2) is 16.7 Å². The maximum atomic E-state index is 9.33. The van der Waals surface area contributed by atoms with E-state index in [1.54, 1.807) is 0 Å². The molecule has 3 nitrogen and oxygen atoms in total. The summed E-state index contributed by atoms with van der Waals surface area (Å²) in [7, 11) is 0. The van der Waals surface area contributed by atoms with Crippen molar-refractivity contribution in [1.82, 2.24) is 4.98 Å². The van der Waals surface area contributed by atoms with E-state index in [2.05, 4.69) is 37.9 Å². The van der Waals surface area contributed by atoms with Gasteiger partial charge in [-0.3, -0.25) is 0 Å². The molecule has 2 unspecified atom stereocenters. The lowest BCUT2D eigenvalue weighted by Gasteiger charge is -2.25. The van der Waals surface area contributed by atoms with Crippen molar-refractivity contribution < 1.29 is 9.84 Å². The van der Waals surface area contributed by atoms with Crippen molar-refractivity contribution in [3.05, 3.63) is 35.5 Å². The molecule has 0 bridgehead atoms. The lowest BCUT2D eigenvalue weighted by atomic mass is 9.85. The molecule has 1 aromatic heterocycles. The largest absolute Gasteiger partial charge is 0.477 e. The van der Waals surface area contributed by atoms with Crippen LogP contribution in [-0.2, 0) is 6.61 Å². The summed E-state index contributed by atoms with van der Waals surface area (Å²) in [5, 5.41) is 9.33. The van der Waals surface area contributed by atoms with Crippen LogP contribution in [0.5, 0.6) is 5.88 Å². The summed E-state index contributed by atoms with van der Waals surface area (Å²) in [4.78, 5) is 4.54. The topological polar surface area (TPSA) is 42.4 Å². The zero-order valence-corrected chi connectivity index (χ0v) is 12.7. The van der Waals surface area contributed by atoms with Gasteiger partial charge in [0, 0.05) is 11.8 Å². The molecule has 0 aliphatic heterocycles. The van der Waals surface area contributed by atoms with Gasteiger partial charge in [-0.1, -0.05) is 32.9 Å². The van der Waals surface area contributed by atoms with Crippen LogP contribution in [0, 0.1) is 11.8 Å². The van der Waals surface area contributed by atoms with Gasteiger partial charge in [-0.05, 0) is 42.2 Å². The van der Waals surface area contributed by atoms with Gasteiger partial charge in [0.2, 0.25) is 5.88 Å². The summed E-state index contributed by atoms with van der Waals surface area (Å²) >= 11 is 0. The van der Waals surface area contributed by atoms with Crippen molar-refractivity contribution in [3.63, 3.8) is 0 Å². The highest BCUT2D eigenvalue weighted by Crippen LogP contribution is 2.26. The van der Waals surface area contributed by atoms with Crippen LogP contribution < -0.4 is 4.74 Å². The molecule has 0 spiro atoms. The van der Waals surface area contributed by atoms with Crippen molar-refractivity contribution in [2.45, 2.75) is 46.1 Å². The Labute approximate surface area is 121 Å². The molecule has 1 aliphatic rings. The number of allylic oxidation sites excluding steroid dienone is 2. The van der Waals surface area contributed by atoms with Gasteiger partial charge in [-0.25, -0.2) is 4.98 Å². The van der Waals surface area contributed by atoms with Crippen LogP contribution in [0.4, 0.5) is 0 Å². The van der Waals surface area contributed by atoms with Gasteiger partial charge in [-0.2, -0.15) is 0 Å². The number of hydrogen-bond acceptors (Lipinski definition) is 3. The third kappa shape index (κ3) is 3.83. The molecule has 110 valence electrons. The first-order valence-electron chi connectivity index (χ1n) is 7.49. The monoisotopic (exact) mass is 275 g/mol. The lowest BCUT2D eigenvalue weighted by Crippen LogP contribution is -2.21. The van der Waals surface area contributed by atoms with E-state index in [9.17, 15) is 5.11 Å². The van der Waals surface area contributed by atoms with Crippen LogP contribution in [0.1, 0.15) is 50.8 Å². The number of hydrogen-bond donors (Lipinski definition) is 1. The third-order valence-corrected chi connectivity index (χ3v) is 4.02. The van der Waals surface area contributed by atoms with Crippen LogP contribution in [0.2, 0.25) is 0 Å². The SMILES string of the molecule is CC(C)c1cc(CO)cc(OCC2CC=CCC2C)n1. The number of pyridine rings is 1. The van der Waals surface area contributed by atoms with Gasteiger partial charge in [-0.15, -0.1) is 0 Å². The van der Waals surface area contributed by atoms with E-state index >= 15 is 0 Å². The van der Waals surface area contributed by atoms with Gasteiger partial charge in [0.05, 0.1) is 13.2 Å².